The van der Waals surface area contributed by atoms with Crippen LogP contribution in [0.25, 0.3) is 0 Å². The van der Waals surface area contributed by atoms with Crippen molar-refractivity contribution in [3.05, 3.63) is 174 Å². The summed E-state index contributed by atoms with van der Waals surface area (Å²) in [6, 6.07) is 34.5. The third-order valence-electron chi connectivity index (χ3n) is 11.0. The molecule has 0 unspecified atom stereocenters. The Labute approximate surface area is 420 Å². The van der Waals surface area contributed by atoms with Gasteiger partial charge in [0.15, 0.2) is 5.78 Å². The van der Waals surface area contributed by atoms with E-state index in [9.17, 15) is 9.59 Å². The predicted molar refractivity (Wildman–Crippen MR) is 281 cm³/mol. The van der Waals surface area contributed by atoms with Crippen LogP contribution in [0, 0.1) is 0 Å². The SMILES string of the molecule is C=C(C)CC.CC1(C)COc2ccc(Br)cc21.CC1(C)OC(C)(C)c2cc(Br)ccc21.CC1(C)OC(C)(C)c2ccccc21.CCOC(=O)c1ccccc1C(C)=O.Oc1ccc(Br)cc1. The zero-order chi connectivity index (χ0) is 49.8. The Bertz CT molecular complexity index is 2380. The molecule has 3 heterocycles. The number of phenolic OH excluding ortho intramolecular Hbond substituents is 1. The molecule has 0 aliphatic carbocycles. The number of fused-ring (bicyclic) bond motifs is 3. The van der Waals surface area contributed by atoms with Crippen LogP contribution in [0.3, 0.4) is 0 Å². The smallest absolute Gasteiger partial charge is 0.338 e. The van der Waals surface area contributed by atoms with Gasteiger partial charge in [-0.3, -0.25) is 4.79 Å². The standard InChI is InChI=1S/C12H15BrO.C12H16O.C11H12O3.C10H11BrO.C6H5BrO.C5H10/c1-11(2)9-6-5-8(13)7-10(9)12(3,4)14-11;1-11(2)9-7-5-6-8-10(9)12(3,4)13-11;1-3-14-11(13)10-7-5-4-6-9(10)8(2)12;1-10(2)6-12-9-4-3-7(11)5-8(9)10;7-5-1-3-6(8)4-2-5;1-4-5(2)3/h5-7H,1-4H3;5-8H,1-4H3;4-7H,3H2,1-2H3;3-5H,6H2,1-2H3;1-4,8H;2,4H2,1,3H3. The van der Waals surface area contributed by atoms with Gasteiger partial charge < -0.3 is 24.1 Å². The maximum absolute atomic E-state index is 11.4. The largest absolute Gasteiger partial charge is 0.508 e. The number of ether oxygens (including phenoxy) is 4. The summed E-state index contributed by atoms with van der Waals surface area (Å²) in [7, 11) is 0. The summed E-state index contributed by atoms with van der Waals surface area (Å²) in [5, 5.41) is 8.74. The van der Waals surface area contributed by atoms with Crippen molar-refractivity contribution in [2.75, 3.05) is 13.2 Å². The molecule has 0 aromatic heterocycles. The summed E-state index contributed by atoms with van der Waals surface area (Å²) in [6.45, 7) is 33.4. The van der Waals surface area contributed by atoms with Crippen LogP contribution in [0.2, 0.25) is 0 Å². The van der Waals surface area contributed by atoms with E-state index in [-0.39, 0.29) is 33.6 Å². The molecule has 5 aromatic rings. The second kappa shape index (κ2) is 23.8. The lowest BCUT2D eigenvalue weighted by Crippen LogP contribution is -2.22. The van der Waals surface area contributed by atoms with E-state index in [2.05, 4.69) is 179 Å². The van der Waals surface area contributed by atoms with E-state index in [0.717, 1.165) is 32.2 Å². The molecular weight excluding hydrogens is 1020 g/mol. The van der Waals surface area contributed by atoms with Crippen molar-refractivity contribution in [3.63, 3.8) is 0 Å². The topological polar surface area (TPSA) is 91.3 Å². The van der Waals surface area contributed by atoms with Crippen molar-refractivity contribution in [2.24, 2.45) is 0 Å². The average Bonchev–Trinajstić information content (AvgIpc) is 3.73. The minimum Gasteiger partial charge on any atom is -0.508 e. The van der Waals surface area contributed by atoms with Crippen LogP contribution in [-0.4, -0.2) is 30.1 Å². The van der Waals surface area contributed by atoms with Crippen molar-refractivity contribution in [3.8, 4) is 11.5 Å². The second-order valence-corrected chi connectivity index (χ2v) is 21.7. The average molecular weight is 1090 g/mol. The number of halogens is 3. The number of esters is 1. The van der Waals surface area contributed by atoms with Crippen LogP contribution in [0.4, 0.5) is 0 Å². The summed E-state index contributed by atoms with van der Waals surface area (Å²) >= 11 is 10.2. The highest BCUT2D eigenvalue weighted by molar-refractivity contribution is 9.11. The molecular formula is C56H69Br3O7. The highest BCUT2D eigenvalue weighted by Gasteiger charge is 2.43. The zero-order valence-corrected chi connectivity index (χ0v) is 46.0. The van der Waals surface area contributed by atoms with Crippen LogP contribution in [-0.2, 0) is 42.0 Å². The molecule has 3 aliphatic rings. The van der Waals surface area contributed by atoms with Crippen molar-refractivity contribution in [1.29, 1.82) is 0 Å². The third-order valence-corrected chi connectivity index (χ3v) is 12.5. The van der Waals surface area contributed by atoms with E-state index >= 15 is 0 Å². The van der Waals surface area contributed by atoms with Crippen molar-refractivity contribution >= 4 is 59.5 Å². The first-order valence-corrected chi connectivity index (χ1v) is 24.6. The summed E-state index contributed by atoms with van der Waals surface area (Å²) < 4.78 is 25.6. The van der Waals surface area contributed by atoms with Crippen LogP contribution < -0.4 is 4.74 Å². The monoisotopic (exact) mass is 1090 g/mol. The molecule has 0 saturated carbocycles. The fourth-order valence-corrected chi connectivity index (χ4v) is 8.67. The molecule has 1 N–H and O–H groups in total. The number of phenols is 1. The molecule has 7 nitrogen and oxygen atoms in total. The van der Waals surface area contributed by atoms with Gasteiger partial charge in [0, 0.05) is 30.0 Å². The predicted octanol–water partition coefficient (Wildman–Crippen LogP) is 16.4. The highest BCUT2D eigenvalue weighted by atomic mass is 79.9. The fraction of sp³-hybridized carbons (Fsp3) is 0.393. The lowest BCUT2D eigenvalue weighted by molar-refractivity contribution is -0.105. The number of hydrogen-bond acceptors (Lipinski definition) is 7. The van der Waals surface area contributed by atoms with Gasteiger partial charge in [-0.05, 0) is 165 Å². The van der Waals surface area contributed by atoms with Gasteiger partial charge in [-0.25, -0.2) is 4.79 Å². The molecule has 8 rings (SSSR count). The van der Waals surface area contributed by atoms with E-state index in [1.807, 2.05) is 19.1 Å². The van der Waals surface area contributed by atoms with Crippen molar-refractivity contribution in [1.82, 2.24) is 0 Å². The van der Waals surface area contributed by atoms with E-state index in [1.165, 1.54) is 40.3 Å². The number of aromatic hydroxyl groups is 1. The lowest BCUT2D eigenvalue weighted by Gasteiger charge is -2.24. The molecule has 0 saturated heterocycles. The fourth-order valence-electron chi connectivity index (χ4n) is 7.68. The minimum absolute atomic E-state index is 0.131. The summed E-state index contributed by atoms with van der Waals surface area (Å²) in [5.41, 5.74) is 8.07. The molecule has 10 heteroatoms. The summed E-state index contributed by atoms with van der Waals surface area (Å²) in [5.74, 6) is 0.753. The molecule has 0 spiro atoms. The van der Waals surface area contributed by atoms with E-state index < -0.39 is 5.97 Å². The van der Waals surface area contributed by atoms with Crippen molar-refractivity contribution in [2.45, 2.75) is 131 Å². The Morgan fingerprint density at radius 1 is 0.591 bits per heavy atom. The summed E-state index contributed by atoms with van der Waals surface area (Å²) in [6.07, 6.45) is 1.11. The number of benzene rings is 5. The Hall–Kier alpha value is -4.06. The molecule has 3 aliphatic heterocycles. The van der Waals surface area contributed by atoms with Gasteiger partial charge in [0.05, 0.1) is 41.2 Å². The quantitative estimate of drug-likeness (QED) is 0.109. The van der Waals surface area contributed by atoms with E-state index in [4.69, 9.17) is 24.1 Å². The number of rotatable bonds is 4. The maximum atomic E-state index is 11.4. The van der Waals surface area contributed by atoms with E-state index in [1.54, 1.807) is 55.5 Å². The first-order valence-electron chi connectivity index (χ1n) is 22.2. The van der Waals surface area contributed by atoms with Gasteiger partial charge in [-0.1, -0.05) is 123 Å². The van der Waals surface area contributed by atoms with Crippen molar-refractivity contribution < 1.29 is 33.6 Å². The molecule has 5 aromatic carbocycles. The van der Waals surface area contributed by atoms with E-state index in [0.29, 0.717) is 23.5 Å². The van der Waals surface area contributed by atoms with Gasteiger partial charge in [0.25, 0.3) is 0 Å². The second-order valence-electron chi connectivity index (χ2n) is 18.9. The number of hydrogen-bond donors (Lipinski definition) is 1. The number of Topliss-reactive ketones (excluding diaryl/α,β-unsaturated/α-hetero) is 1. The number of carbonyl (C=O) groups excluding carboxylic acids is 2. The van der Waals surface area contributed by atoms with Gasteiger partial charge in [0.2, 0.25) is 0 Å². The van der Waals surface area contributed by atoms with Crippen LogP contribution in [0.1, 0.15) is 152 Å². The highest BCUT2D eigenvalue weighted by Crippen LogP contribution is 2.48. The summed E-state index contributed by atoms with van der Waals surface area (Å²) in [4.78, 5) is 22.6. The number of allylic oxidation sites excluding steroid dienone is 1. The first-order chi connectivity index (χ1) is 30.6. The molecule has 0 atom stereocenters. The molecule has 0 radical (unpaired) electrons. The zero-order valence-electron chi connectivity index (χ0n) is 41.3. The Balaban J connectivity index is 0.000000215. The number of ketones is 1. The molecule has 356 valence electrons. The lowest BCUT2D eigenvalue weighted by atomic mass is 9.87. The number of carbonyl (C=O) groups is 2. The molecule has 0 bridgehead atoms. The van der Waals surface area contributed by atoms with Gasteiger partial charge in [-0.15, -0.1) is 6.58 Å². The Kier molecular flexibility index (Phi) is 20.3. The first kappa shape index (κ1) is 56.3. The van der Waals surface area contributed by atoms with Crippen LogP contribution in [0.15, 0.2) is 135 Å². The molecule has 0 amide bonds. The van der Waals surface area contributed by atoms with Gasteiger partial charge in [-0.2, -0.15) is 0 Å². The maximum Gasteiger partial charge on any atom is 0.338 e. The van der Waals surface area contributed by atoms with Crippen LogP contribution in [0.5, 0.6) is 11.5 Å². The Morgan fingerprint density at radius 3 is 1.45 bits per heavy atom. The minimum atomic E-state index is -0.446. The normalized spacial score (nSPS) is 16.3. The molecule has 66 heavy (non-hydrogen) atoms. The Morgan fingerprint density at radius 2 is 1.00 bits per heavy atom. The third kappa shape index (κ3) is 15.8. The van der Waals surface area contributed by atoms with Gasteiger partial charge in [0.1, 0.15) is 11.5 Å². The van der Waals surface area contributed by atoms with Gasteiger partial charge >= 0.3 is 5.97 Å². The molecule has 0 fully saturated rings. The van der Waals surface area contributed by atoms with Crippen LogP contribution >= 0.6 is 47.8 Å².